The Morgan fingerprint density at radius 1 is 1.11 bits per heavy atom. The van der Waals surface area contributed by atoms with Gasteiger partial charge < -0.3 is 10.2 Å². The average molecular weight is 260 g/mol. The number of aliphatic hydroxyl groups excluding tert-OH is 1. The minimum Gasteiger partial charge on any atom is -0.508 e. The molecule has 2 N–H and O–H groups in total. The van der Waals surface area contributed by atoms with Crippen molar-refractivity contribution in [3.63, 3.8) is 0 Å². The van der Waals surface area contributed by atoms with Gasteiger partial charge in [-0.25, -0.2) is 4.39 Å². The van der Waals surface area contributed by atoms with Gasteiger partial charge in [0.1, 0.15) is 11.6 Å². The molecule has 0 bridgehead atoms. The zero-order valence-electron chi connectivity index (χ0n) is 11.0. The highest BCUT2D eigenvalue weighted by molar-refractivity contribution is 5.48. The molecule has 0 spiro atoms. The summed E-state index contributed by atoms with van der Waals surface area (Å²) in [5.41, 5.74) is 3.36. The van der Waals surface area contributed by atoms with Gasteiger partial charge in [-0.2, -0.15) is 0 Å². The highest BCUT2D eigenvalue weighted by Gasteiger charge is 2.19. The molecule has 3 heteroatoms. The zero-order chi connectivity index (χ0) is 14.0. The Bertz CT molecular complexity index is 553. The standard InChI is InChI=1S/C16H17FO2/c1-10-7-11(2)16(15(19)8-10)14(9-18)12-3-5-13(17)6-4-12/h3-8,14,18-19H,9H2,1-2H3. The number of halogens is 1. The van der Waals surface area contributed by atoms with Crippen LogP contribution in [-0.2, 0) is 0 Å². The van der Waals surface area contributed by atoms with Crippen LogP contribution in [0.5, 0.6) is 5.75 Å². The van der Waals surface area contributed by atoms with Crippen molar-refractivity contribution in [2.75, 3.05) is 6.61 Å². The molecule has 0 heterocycles. The second kappa shape index (κ2) is 5.41. The van der Waals surface area contributed by atoms with Gasteiger partial charge in [-0.3, -0.25) is 0 Å². The van der Waals surface area contributed by atoms with Gasteiger partial charge in [0.2, 0.25) is 0 Å². The molecule has 0 radical (unpaired) electrons. The van der Waals surface area contributed by atoms with Crippen molar-refractivity contribution in [1.29, 1.82) is 0 Å². The van der Waals surface area contributed by atoms with Crippen LogP contribution in [-0.4, -0.2) is 16.8 Å². The first-order chi connectivity index (χ1) is 9.02. The van der Waals surface area contributed by atoms with Gasteiger partial charge in [0, 0.05) is 11.5 Å². The summed E-state index contributed by atoms with van der Waals surface area (Å²) in [6, 6.07) is 9.62. The van der Waals surface area contributed by atoms with Crippen LogP contribution in [0.4, 0.5) is 4.39 Å². The summed E-state index contributed by atoms with van der Waals surface area (Å²) < 4.78 is 13.0. The molecule has 0 aliphatic heterocycles. The lowest BCUT2D eigenvalue weighted by Gasteiger charge is -2.19. The first-order valence-corrected chi connectivity index (χ1v) is 6.19. The van der Waals surface area contributed by atoms with E-state index in [4.69, 9.17) is 0 Å². The fourth-order valence-corrected chi connectivity index (χ4v) is 2.47. The fraction of sp³-hybridized carbons (Fsp3) is 0.250. The number of phenols is 1. The number of hydrogen-bond donors (Lipinski definition) is 2. The summed E-state index contributed by atoms with van der Waals surface area (Å²) in [7, 11) is 0. The van der Waals surface area contributed by atoms with E-state index in [-0.39, 0.29) is 24.1 Å². The Hall–Kier alpha value is -1.87. The van der Waals surface area contributed by atoms with E-state index in [9.17, 15) is 14.6 Å². The maximum Gasteiger partial charge on any atom is 0.123 e. The van der Waals surface area contributed by atoms with Crippen molar-refractivity contribution in [2.24, 2.45) is 0 Å². The molecule has 2 aromatic rings. The van der Waals surface area contributed by atoms with E-state index in [0.717, 1.165) is 16.7 Å². The molecule has 0 aromatic heterocycles. The second-order valence-corrected chi connectivity index (χ2v) is 4.80. The number of aromatic hydroxyl groups is 1. The summed E-state index contributed by atoms with van der Waals surface area (Å²) in [5.74, 6) is -0.493. The second-order valence-electron chi connectivity index (χ2n) is 4.80. The molecular weight excluding hydrogens is 243 g/mol. The average Bonchev–Trinajstić information content (AvgIpc) is 2.35. The van der Waals surface area contributed by atoms with Crippen LogP contribution in [0.2, 0.25) is 0 Å². The molecule has 2 aromatic carbocycles. The number of aliphatic hydroxyl groups is 1. The SMILES string of the molecule is Cc1cc(C)c(C(CO)c2ccc(F)cc2)c(O)c1. The number of phenolic OH excluding ortho intramolecular Hbond substituents is 1. The molecule has 0 aliphatic carbocycles. The van der Waals surface area contributed by atoms with Crippen molar-refractivity contribution in [2.45, 2.75) is 19.8 Å². The third-order valence-electron chi connectivity index (χ3n) is 3.31. The number of rotatable bonds is 3. The fourth-order valence-electron chi connectivity index (χ4n) is 2.47. The molecule has 0 amide bonds. The highest BCUT2D eigenvalue weighted by atomic mass is 19.1. The summed E-state index contributed by atoms with van der Waals surface area (Å²) in [6.45, 7) is 3.67. The quantitative estimate of drug-likeness (QED) is 0.889. The minimum atomic E-state index is -0.346. The third kappa shape index (κ3) is 2.76. The van der Waals surface area contributed by atoms with E-state index in [1.807, 2.05) is 19.9 Å². The van der Waals surface area contributed by atoms with E-state index in [1.165, 1.54) is 12.1 Å². The molecule has 2 nitrogen and oxygen atoms in total. The predicted molar refractivity (Wildman–Crippen MR) is 72.9 cm³/mol. The summed E-state index contributed by atoms with van der Waals surface area (Å²) >= 11 is 0. The monoisotopic (exact) mass is 260 g/mol. The number of hydrogen-bond acceptors (Lipinski definition) is 2. The first kappa shape index (κ1) is 13.6. The summed E-state index contributed by atoms with van der Waals surface area (Å²) in [4.78, 5) is 0. The van der Waals surface area contributed by atoms with Crippen LogP contribution in [0.25, 0.3) is 0 Å². The minimum absolute atomic E-state index is 0.136. The Morgan fingerprint density at radius 2 is 1.74 bits per heavy atom. The third-order valence-corrected chi connectivity index (χ3v) is 3.31. The molecule has 1 unspecified atom stereocenters. The Balaban J connectivity index is 2.51. The van der Waals surface area contributed by atoms with Gasteiger partial charge >= 0.3 is 0 Å². The maximum atomic E-state index is 13.0. The molecule has 0 fully saturated rings. The molecule has 19 heavy (non-hydrogen) atoms. The molecular formula is C16H17FO2. The summed E-state index contributed by atoms with van der Waals surface area (Å²) in [5, 5.41) is 19.7. The van der Waals surface area contributed by atoms with Gasteiger partial charge in [-0.15, -0.1) is 0 Å². The maximum absolute atomic E-state index is 13.0. The zero-order valence-corrected chi connectivity index (χ0v) is 11.0. The van der Waals surface area contributed by atoms with E-state index in [1.54, 1.807) is 18.2 Å². The lowest BCUT2D eigenvalue weighted by Crippen LogP contribution is -2.08. The molecule has 0 saturated heterocycles. The van der Waals surface area contributed by atoms with Gasteiger partial charge in [0.05, 0.1) is 6.61 Å². The Labute approximate surface area is 112 Å². The van der Waals surface area contributed by atoms with Gasteiger partial charge in [0.25, 0.3) is 0 Å². The van der Waals surface area contributed by atoms with Crippen molar-refractivity contribution in [1.82, 2.24) is 0 Å². The van der Waals surface area contributed by atoms with Crippen LogP contribution in [0, 0.1) is 19.7 Å². The topological polar surface area (TPSA) is 40.5 Å². The Morgan fingerprint density at radius 3 is 2.26 bits per heavy atom. The molecule has 100 valence electrons. The van der Waals surface area contributed by atoms with Crippen molar-refractivity contribution >= 4 is 0 Å². The van der Waals surface area contributed by atoms with Crippen LogP contribution in [0.3, 0.4) is 0 Å². The summed E-state index contributed by atoms with van der Waals surface area (Å²) in [6.07, 6.45) is 0. The first-order valence-electron chi connectivity index (χ1n) is 6.19. The smallest absolute Gasteiger partial charge is 0.123 e. The molecule has 1 atom stereocenters. The van der Waals surface area contributed by atoms with Crippen LogP contribution < -0.4 is 0 Å². The van der Waals surface area contributed by atoms with E-state index in [0.29, 0.717) is 5.56 Å². The van der Waals surface area contributed by atoms with E-state index in [2.05, 4.69) is 0 Å². The van der Waals surface area contributed by atoms with Crippen molar-refractivity contribution < 1.29 is 14.6 Å². The van der Waals surface area contributed by atoms with Crippen molar-refractivity contribution in [3.05, 3.63) is 64.5 Å². The lowest BCUT2D eigenvalue weighted by atomic mass is 9.87. The van der Waals surface area contributed by atoms with Crippen LogP contribution >= 0.6 is 0 Å². The highest BCUT2D eigenvalue weighted by Crippen LogP contribution is 2.34. The lowest BCUT2D eigenvalue weighted by molar-refractivity contribution is 0.277. The van der Waals surface area contributed by atoms with Crippen LogP contribution in [0.15, 0.2) is 36.4 Å². The predicted octanol–water partition coefficient (Wildman–Crippen LogP) is 3.27. The van der Waals surface area contributed by atoms with E-state index < -0.39 is 0 Å². The normalized spacial score (nSPS) is 12.4. The molecule has 0 aliphatic rings. The largest absolute Gasteiger partial charge is 0.508 e. The van der Waals surface area contributed by atoms with Gasteiger partial charge in [0.15, 0.2) is 0 Å². The van der Waals surface area contributed by atoms with Crippen LogP contribution in [0.1, 0.15) is 28.2 Å². The number of benzene rings is 2. The Kier molecular flexibility index (Phi) is 3.86. The molecule has 2 rings (SSSR count). The van der Waals surface area contributed by atoms with E-state index >= 15 is 0 Å². The van der Waals surface area contributed by atoms with Gasteiger partial charge in [-0.1, -0.05) is 18.2 Å². The molecule has 0 saturated carbocycles. The van der Waals surface area contributed by atoms with Crippen molar-refractivity contribution in [3.8, 4) is 5.75 Å². The van der Waals surface area contributed by atoms with Gasteiger partial charge in [-0.05, 0) is 48.7 Å². The number of aryl methyl sites for hydroxylation is 2.